The third-order valence-electron chi connectivity index (χ3n) is 3.51. The highest BCUT2D eigenvalue weighted by Crippen LogP contribution is 2.25. The van der Waals surface area contributed by atoms with Gasteiger partial charge in [0.05, 0.1) is 23.4 Å². The lowest BCUT2D eigenvalue weighted by atomic mass is 10.0. The number of fused-ring (bicyclic) bond motifs is 1. The van der Waals surface area contributed by atoms with Crippen LogP contribution in [0.2, 0.25) is 0 Å². The Morgan fingerprint density at radius 2 is 2.20 bits per heavy atom. The van der Waals surface area contributed by atoms with Crippen molar-refractivity contribution >= 4 is 16.7 Å². The Morgan fingerprint density at radius 3 is 2.90 bits per heavy atom. The second-order valence-corrected chi connectivity index (χ2v) is 4.75. The second-order valence-electron chi connectivity index (χ2n) is 4.75. The number of aromatic amines is 1. The van der Waals surface area contributed by atoms with Crippen LogP contribution >= 0.6 is 0 Å². The zero-order valence-electron chi connectivity index (χ0n) is 11.2. The van der Waals surface area contributed by atoms with Crippen LogP contribution in [0.3, 0.4) is 0 Å². The normalized spacial score (nSPS) is 12.9. The molecule has 0 aliphatic heterocycles. The van der Waals surface area contributed by atoms with E-state index in [9.17, 15) is 0 Å². The summed E-state index contributed by atoms with van der Waals surface area (Å²) in [6.45, 7) is 0. The number of hydrazine groups is 1. The molecule has 0 radical (unpaired) electrons. The molecule has 1 atom stereocenters. The number of benzene rings is 1. The van der Waals surface area contributed by atoms with Gasteiger partial charge < -0.3 is 5.73 Å². The summed E-state index contributed by atoms with van der Waals surface area (Å²) in [5.74, 6) is 6.17. The molecule has 7 heteroatoms. The third kappa shape index (κ3) is 2.02. The molecule has 0 aliphatic carbocycles. The fraction of sp³-hybridized carbons (Fsp3) is 0.231. The maximum absolute atomic E-state index is 5.85. The molecule has 1 unspecified atom stereocenters. The number of hydrogen-bond acceptors (Lipinski definition) is 5. The van der Waals surface area contributed by atoms with Crippen LogP contribution in [0, 0.1) is 0 Å². The number of nitrogen functional groups attached to an aromatic ring is 1. The Labute approximate surface area is 115 Å². The predicted octanol–water partition coefficient (Wildman–Crippen LogP) is 0.626. The van der Waals surface area contributed by atoms with Gasteiger partial charge in [-0.05, 0) is 6.07 Å². The molecule has 1 aromatic carbocycles. The number of rotatable bonds is 4. The van der Waals surface area contributed by atoms with E-state index in [2.05, 4.69) is 26.8 Å². The molecule has 104 valence electrons. The standard InChI is InChI=1S/C13H17N7/c1-20-12-5-3-2-4-8(12)11(19-20)6-10(17-15)9-7-16-18-13(9)14/h2-5,7,10,17H,6,15H2,1H3,(H3,14,16,18). The first-order valence-corrected chi connectivity index (χ1v) is 6.36. The van der Waals surface area contributed by atoms with Gasteiger partial charge in [0.15, 0.2) is 0 Å². The van der Waals surface area contributed by atoms with Gasteiger partial charge in [-0.3, -0.25) is 21.0 Å². The van der Waals surface area contributed by atoms with Gasteiger partial charge in [0.2, 0.25) is 0 Å². The minimum absolute atomic E-state index is 0.132. The maximum Gasteiger partial charge on any atom is 0.123 e. The minimum Gasteiger partial charge on any atom is -0.384 e. The average Bonchev–Trinajstić information content (AvgIpc) is 3.01. The van der Waals surface area contributed by atoms with Crippen molar-refractivity contribution in [1.29, 1.82) is 0 Å². The van der Waals surface area contributed by atoms with Gasteiger partial charge in [-0.1, -0.05) is 18.2 Å². The van der Waals surface area contributed by atoms with Crippen molar-refractivity contribution in [2.24, 2.45) is 12.9 Å². The number of para-hydroxylation sites is 1. The summed E-state index contributed by atoms with van der Waals surface area (Å²) in [6, 6.07) is 7.98. The smallest absolute Gasteiger partial charge is 0.123 e. The van der Waals surface area contributed by atoms with Gasteiger partial charge >= 0.3 is 0 Å². The van der Waals surface area contributed by atoms with Crippen molar-refractivity contribution in [2.45, 2.75) is 12.5 Å². The fourth-order valence-electron chi connectivity index (χ4n) is 2.47. The van der Waals surface area contributed by atoms with Crippen LogP contribution < -0.4 is 17.0 Å². The van der Waals surface area contributed by atoms with Crippen LogP contribution in [-0.4, -0.2) is 20.0 Å². The largest absolute Gasteiger partial charge is 0.384 e. The maximum atomic E-state index is 5.85. The molecule has 7 nitrogen and oxygen atoms in total. The van der Waals surface area contributed by atoms with Gasteiger partial charge in [0, 0.05) is 24.4 Å². The molecule has 3 rings (SSSR count). The summed E-state index contributed by atoms with van der Waals surface area (Å²) in [4.78, 5) is 0. The topological polar surface area (TPSA) is 111 Å². The van der Waals surface area contributed by atoms with Crippen molar-refractivity contribution in [1.82, 2.24) is 25.4 Å². The van der Waals surface area contributed by atoms with Crippen molar-refractivity contribution in [3.63, 3.8) is 0 Å². The predicted molar refractivity (Wildman–Crippen MR) is 77.5 cm³/mol. The summed E-state index contributed by atoms with van der Waals surface area (Å²) in [5.41, 5.74) is 11.6. The molecular formula is C13H17N7. The third-order valence-corrected chi connectivity index (χ3v) is 3.51. The van der Waals surface area contributed by atoms with Crippen LogP contribution in [-0.2, 0) is 13.5 Å². The summed E-state index contributed by atoms with van der Waals surface area (Å²) in [7, 11) is 1.93. The van der Waals surface area contributed by atoms with Crippen molar-refractivity contribution in [2.75, 3.05) is 5.73 Å². The Balaban J connectivity index is 1.98. The lowest BCUT2D eigenvalue weighted by Gasteiger charge is -2.13. The second kappa shape index (κ2) is 4.95. The lowest BCUT2D eigenvalue weighted by Crippen LogP contribution is -2.30. The Hall–Kier alpha value is -2.38. The number of nitrogens with one attached hydrogen (secondary N) is 2. The number of nitrogens with zero attached hydrogens (tertiary/aromatic N) is 3. The molecule has 0 fully saturated rings. The summed E-state index contributed by atoms with van der Waals surface area (Å²) in [5, 5.41) is 12.3. The fourth-order valence-corrected chi connectivity index (χ4v) is 2.47. The van der Waals surface area contributed by atoms with Crippen LogP contribution in [0.25, 0.3) is 10.9 Å². The number of nitrogens with two attached hydrogens (primary N) is 2. The number of hydrogen-bond donors (Lipinski definition) is 4. The molecule has 0 aliphatic rings. The molecule has 2 heterocycles. The molecule has 0 spiro atoms. The van der Waals surface area contributed by atoms with Crippen LogP contribution in [0.1, 0.15) is 17.3 Å². The zero-order valence-corrected chi connectivity index (χ0v) is 11.2. The lowest BCUT2D eigenvalue weighted by molar-refractivity contribution is 0.544. The van der Waals surface area contributed by atoms with E-state index in [0.717, 1.165) is 22.2 Å². The first-order valence-electron chi connectivity index (χ1n) is 6.36. The number of aromatic nitrogens is 4. The first-order chi connectivity index (χ1) is 9.70. The number of H-pyrrole nitrogens is 1. The zero-order chi connectivity index (χ0) is 14.1. The Morgan fingerprint density at radius 1 is 1.40 bits per heavy atom. The van der Waals surface area contributed by atoms with Gasteiger partial charge in [0.25, 0.3) is 0 Å². The molecule has 20 heavy (non-hydrogen) atoms. The summed E-state index contributed by atoms with van der Waals surface area (Å²) >= 11 is 0. The van der Waals surface area contributed by atoms with E-state index in [4.69, 9.17) is 11.6 Å². The summed E-state index contributed by atoms with van der Waals surface area (Å²) < 4.78 is 1.87. The van der Waals surface area contributed by atoms with E-state index in [-0.39, 0.29) is 6.04 Å². The molecular weight excluding hydrogens is 254 g/mol. The molecule has 0 saturated carbocycles. The number of aryl methyl sites for hydroxylation is 1. The van der Waals surface area contributed by atoms with E-state index >= 15 is 0 Å². The molecule has 0 amide bonds. The monoisotopic (exact) mass is 271 g/mol. The molecule has 6 N–H and O–H groups in total. The van der Waals surface area contributed by atoms with Crippen molar-refractivity contribution in [3.05, 3.63) is 41.7 Å². The highest BCUT2D eigenvalue weighted by molar-refractivity contribution is 5.81. The quantitative estimate of drug-likeness (QED) is 0.411. The number of anilines is 1. The summed E-state index contributed by atoms with van der Waals surface area (Å²) in [6.07, 6.45) is 2.33. The van der Waals surface area contributed by atoms with Gasteiger partial charge in [-0.2, -0.15) is 10.2 Å². The van der Waals surface area contributed by atoms with E-state index in [1.807, 2.05) is 29.9 Å². The average molecular weight is 271 g/mol. The van der Waals surface area contributed by atoms with E-state index in [1.165, 1.54) is 0 Å². The molecule has 0 bridgehead atoms. The first kappa shape index (κ1) is 12.6. The van der Waals surface area contributed by atoms with Crippen LogP contribution in [0.4, 0.5) is 5.82 Å². The minimum atomic E-state index is -0.132. The van der Waals surface area contributed by atoms with Crippen LogP contribution in [0.5, 0.6) is 0 Å². The Kier molecular flexibility index (Phi) is 3.13. The van der Waals surface area contributed by atoms with Crippen LogP contribution in [0.15, 0.2) is 30.5 Å². The van der Waals surface area contributed by atoms with Crippen molar-refractivity contribution < 1.29 is 0 Å². The highest BCUT2D eigenvalue weighted by atomic mass is 15.3. The molecule has 0 saturated heterocycles. The molecule has 2 aromatic heterocycles. The van der Waals surface area contributed by atoms with E-state index in [1.54, 1.807) is 6.20 Å². The van der Waals surface area contributed by atoms with Gasteiger partial charge in [-0.15, -0.1) is 0 Å². The Bertz CT molecular complexity index is 727. The highest BCUT2D eigenvalue weighted by Gasteiger charge is 2.18. The van der Waals surface area contributed by atoms with Gasteiger partial charge in [-0.25, -0.2) is 0 Å². The van der Waals surface area contributed by atoms with E-state index in [0.29, 0.717) is 12.2 Å². The molecule has 3 aromatic rings. The van der Waals surface area contributed by atoms with Gasteiger partial charge in [0.1, 0.15) is 5.82 Å². The SMILES string of the molecule is Cn1nc(CC(NN)c2cn[nH]c2N)c2ccccc21. The van der Waals surface area contributed by atoms with Crippen molar-refractivity contribution in [3.8, 4) is 0 Å². The van der Waals surface area contributed by atoms with E-state index < -0.39 is 0 Å².